The molecule has 1 rings (SSSR count). The molecule has 0 radical (unpaired) electrons. The van der Waals surface area contributed by atoms with Gasteiger partial charge in [0.2, 0.25) is 0 Å². The molecule has 0 aromatic heterocycles. The first-order chi connectivity index (χ1) is 8.60. The molecule has 1 aromatic carbocycles. The van der Waals surface area contributed by atoms with Crippen molar-refractivity contribution in [3.63, 3.8) is 0 Å². The Morgan fingerprint density at radius 1 is 0.947 bits per heavy atom. The Morgan fingerprint density at radius 3 is 1.89 bits per heavy atom. The molecule has 0 saturated carbocycles. The molecule has 0 bridgehead atoms. The van der Waals surface area contributed by atoms with E-state index in [4.69, 9.17) is 0 Å². The van der Waals surface area contributed by atoms with Gasteiger partial charge in [0.1, 0.15) is 0 Å². The molecule has 0 amide bonds. The van der Waals surface area contributed by atoms with Crippen LogP contribution in [0.2, 0.25) is 0 Å². The van der Waals surface area contributed by atoms with Gasteiger partial charge in [0.25, 0.3) is 0 Å². The third-order valence-electron chi connectivity index (χ3n) is 2.88. The molecule has 1 aromatic rings. The van der Waals surface area contributed by atoms with E-state index in [-0.39, 0.29) is 16.6 Å². The van der Waals surface area contributed by atoms with Gasteiger partial charge < -0.3 is 5.32 Å². The van der Waals surface area contributed by atoms with Gasteiger partial charge in [-0.2, -0.15) is 0 Å². The van der Waals surface area contributed by atoms with Gasteiger partial charge in [0.15, 0.2) is 5.78 Å². The molecular weight excluding hydrogens is 234 g/mol. The van der Waals surface area contributed by atoms with E-state index in [0.29, 0.717) is 0 Å². The van der Waals surface area contributed by atoms with E-state index in [0.717, 1.165) is 11.4 Å². The van der Waals surface area contributed by atoms with E-state index in [1.165, 1.54) is 0 Å². The number of rotatable bonds is 3. The van der Waals surface area contributed by atoms with Gasteiger partial charge in [-0.3, -0.25) is 4.79 Å². The minimum atomic E-state index is -0.352. The maximum Gasteiger partial charge on any atom is 0.162 e. The van der Waals surface area contributed by atoms with Crippen molar-refractivity contribution >= 4 is 11.5 Å². The van der Waals surface area contributed by atoms with E-state index in [1.54, 1.807) is 6.08 Å². The summed E-state index contributed by atoms with van der Waals surface area (Å²) in [4.78, 5) is 12.2. The lowest BCUT2D eigenvalue weighted by Gasteiger charge is -2.26. The van der Waals surface area contributed by atoms with Gasteiger partial charge >= 0.3 is 0 Å². The highest BCUT2D eigenvalue weighted by molar-refractivity contribution is 5.95. The summed E-state index contributed by atoms with van der Waals surface area (Å²) < 4.78 is 0. The molecule has 2 heteroatoms. The van der Waals surface area contributed by atoms with Crippen molar-refractivity contribution in [3.8, 4) is 0 Å². The van der Waals surface area contributed by atoms with Gasteiger partial charge in [-0.05, 0) is 12.1 Å². The third-order valence-corrected chi connectivity index (χ3v) is 2.88. The van der Waals surface area contributed by atoms with E-state index in [1.807, 2.05) is 51.1 Å². The summed E-state index contributed by atoms with van der Waals surface area (Å²) in [6.07, 6.45) is 1.74. The normalized spacial score (nSPS) is 13.3. The second-order valence-corrected chi connectivity index (χ2v) is 6.91. The summed E-state index contributed by atoms with van der Waals surface area (Å²) >= 11 is 0. The molecule has 2 nitrogen and oxygen atoms in total. The van der Waals surface area contributed by atoms with Crippen LogP contribution in [0.3, 0.4) is 0 Å². The lowest BCUT2D eigenvalue weighted by atomic mass is 9.85. The van der Waals surface area contributed by atoms with E-state index < -0.39 is 0 Å². The zero-order valence-electron chi connectivity index (χ0n) is 12.9. The zero-order valence-corrected chi connectivity index (χ0v) is 12.9. The number of allylic oxidation sites excluding steroid dienone is 2. The lowest BCUT2D eigenvalue weighted by Crippen LogP contribution is -2.23. The predicted octanol–water partition coefficient (Wildman–Crippen LogP) is 4.64. The lowest BCUT2D eigenvalue weighted by molar-refractivity contribution is -0.121. The summed E-state index contributed by atoms with van der Waals surface area (Å²) in [5.74, 6) is 0.140. The smallest absolute Gasteiger partial charge is 0.162 e. The van der Waals surface area contributed by atoms with E-state index in [9.17, 15) is 4.79 Å². The van der Waals surface area contributed by atoms with Crippen LogP contribution in [-0.2, 0) is 4.79 Å². The van der Waals surface area contributed by atoms with Crippen LogP contribution in [0.5, 0.6) is 0 Å². The van der Waals surface area contributed by atoms with Crippen molar-refractivity contribution in [1.29, 1.82) is 0 Å². The van der Waals surface area contributed by atoms with Gasteiger partial charge in [-0.15, -0.1) is 0 Å². The standard InChI is InChI=1S/C17H25NO/c1-16(2,3)14(12-15(19)17(4,5)6)18-13-10-8-7-9-11-13/h7-12,18H,1-6H3. The monoisotopic (exact) mass is 259 g/mol. The minimum absolute atomic E-state index is 0.100. The van der Waals surface area contributed by atoms with Crippen molar-refractivity contribution in [3.05, 3.63) is 42.1 Å². The first-order valence-corrected chi connectivity index (χ1v) is 6.69. The van der Waals surface area contributed by atoms with Crippen LogP contribution in [0, 0.1) is 10.8 Å². The maximum atomic E-state index is 12.2. The molecule has 104 valence electrons. The first kappa shape index (κ1) is 15.5. The summed E-state index contributed by atoms with van der Waals surface area (Å²) in [5.41, 5.74) is 1.50. The Bertz CT molecular complexity index is 458. The average molecular weight is 259 g/mol. The fraction of sp³-hybridized carbons (Fsp3) is 0.471. The SMILES string of the molecule is CC(C)(C)C(=O)C=C(Nc1ccccc1)C(C)(C)C. The molecule has 0 saturated heterocycles. The molecule has 0 fully saturated rings. The maximum absolute atomic E-state index is 12.2. The molecule has 0 aliphatic carbocycles. The average Bonchev–Trinajstić information content (AvgIpc) is 2.27. The van der Waals surface area contributed by atoms with Crippen molar-refractivity contribution in [1.82, 2.24) is 0 Å². The number of anilines is 1. The number of ketones is 1. The number of benzene rings is 1. The summed E-state index contributed by atoms with van der Waals surface area (Å²) in [6.45, 7) is 12.1. The summed E-state index contributed by atoms with van der Waals surface area (Å²) in [7, 11) is 0. The highest BCUT2D eigenvalue weighted by Crippen LogP contribution is 2.28. The van der Waals surface area contributed by atoms with Crippen molar-refractivity contribution in [2.24, 2.45) is 10.8 Å². The van der Waals surface area contributed by atoms with Gasteiger partial charge in [0, 0.05) is 28.3 Å². The molecule has 19 heavy (non-hydrogen) atoms. The topological polar surface area (TPSA) is 29.1 Å². The van der Waals surface area contributed by atoms with E-state index >= 15 is 0 Å². The molecular formula is C17H25NO. The quantitative estimate of drug-likeness (QED) is 0.801. The predicted molar refractivity (Wildman–Crippen MR) is 82.1 cm³/mol. The summed E-state index contributed by atoms with van der Waals surface area (Å²) in [6, 6.07) is 9.94. The molecule has 0 aliphatic rings. The fourth-order valence-electron chi connectivity index (χ4n) is 1.46. The number of para-hydroxylation sites is 1. The minimum Gasteiger partial charge on any atom is -0.358 e. The second-order valence-electron chi connectivity index (χ2n) is 6.91. The van der Waals surface area contributed by atoms with Crippen LogP contribution < -0.4 is 5.32 Å². The highest BCUT2D eigenvalue weighted by Gasteiger charge is 2.24. The van der Waals surface area contributed by atoms with Crippen LogP contribution in [0.25, 0.3) is 0 Å². The number of nitrogens with one attached hydrogen (secondary N) is 1. The Balaban J connectivity index is 3.04. The Kier molecular flexibility index (Phi) is 4.56. The van der Waals surface area contributed by atoms with Crippen molar-refractivity contribution in [2.45, 2.75) is 41.5 Å². The number of carbonyl (C=O) groups excluding carboxylic acids is 1. The molecule has 0 aliphatic heterocycles. The van der Waals surface area contributed by atoms with Crippen LogP contribution in [0.4, 0.5) is 5.69 Å². The highest BCUT2D eigenvalue weighted by atomic mass is 16.1. The first-order valence-electron chi connectivity index (χ1n) is 6.69. The van der Waals surface area contributed by atoms with Crippen molar-refractivity contribution < 1.29 is 4.79 Å². The zero-order chi connectivity index (χ0) is 14.7. The van der Waals surface area contributed by atoms with Crippen LogP contribution in [0.15, 0.2) is 42.1 Å². The number of hydrogen-bond donors (Lipinski definition) is 1. The Hall–Kier alpha value is -1.57. The Labute approximate surface area is 116 Å². The molecule has 0 atom stereocenters. The van der Waals surface area contributed by atoms with Crippen molar-refractivity contribution in [2.75, 3.05) is 5.32 Å². The molecule has 0 spiro atoms. The van der Waals surface area contributed by atoms with Gasteiger partial charge in [-0.1, -0.05) is 59.7 Å². The van der Waals surface area contributed by atoms with Crippen LogP contribution in [0.1, 0.15) is 41.5 Å². The number of carbonyl (C=O) groups is 1. The molecule has 0 unspecified atom stereocenters. The van der Waals surface area contributed by atoms with Gasteiger partial charge in [-0.25, -0.2) is 0 Å². The molecule has 1 N–H and O–H groups in total. The molecule has 0 heterocycles. The largest absolute Gasteiger partial charge is 0.358 e. The second kappa shape index (κ2) is 5.60. The Morgan fingerprint density at radius 2 is 1.47 bits per heavy atom. The summed E-state index contributed by atoms with van der Waals surface area (Å²) in [5, 5.41) is 3.36. The fourth-order valence-corrected chi connectivity index (χ4v) is 1.46. The van der Waals surface area contributed by atoms with Crippen LogP contribution in [-0.4, -0.2) is 5.78 Å². The number of hydrogen-bond acceptors (Lipinski definition) is 2. The van der Waals surface area contributed by atoms with Crippen LogP contribution >= 0.6 is 0 Å². The third kappa shape index (κ3) is 4.90. The van der Waals surface area contributed by atoms with E-state index in [2.05, 4.69) is 26.1 Å². The van der Waals surface area contributed by atoms with Gasteiger partial charge in [0.05, 0.1) is 0 Å².